The van der Waals surface area contributed by atoms with Gasteiger partial charge in [-0.15, -0.1) is 12.4 Å². The molecule has 9 heteroatoms. The smallest absolute Gasteiger partial charge is 0.251 e. The molecule has 34 heavy (non-hydrogen) atoms. The lowest BCUT2D eigenvalue weighted by Crippen LogP contribution is -2.57. The Morgan fingerprint density at radius 2 is 1.79 bits per heavy atom. The highest BCUT2D eigenvalue weighted by molar-refractivity contribution is 6.01. The number of aromatic nitrogens is 1. The molecule has 184 valence electrons. The number of carbonyl (C=O) groups excluding carboxylic acids is 3. The van der Waals surface area contributed by atoms with Gasteiger partial charge in [0, 0.05) is 12.7 Å². The van der Waals surface area contributed by atoms with Crippen molar-refractivity contribution in [3.63, 3.8) is 0 Å². The molecule has 1 aliphatic rings. The quantitative estimate of drug-likeness (QED) is 0.501. The number of nitrogens with zero attached hydrogens (tertiary/aromatic N) is 2. The number of halogens is 1. The van der Waals surface area contributed by atoms with Crippen molar-refractivity contribution in [1.29, 1.82) is 0 Å². The third kappa shape index (κ3) is 6.55. The normalized spacial score (nSPS) is 16.3. The van der Waals surface area contributed by atoms with Crippen LogP contribution in [0.15, 0.2) is 48.7 Å². The van der Waals surface area contributed by atoms with Crippen LogP contribution in [0.3, 0.4) is 0 Å². The summed E-state index contributed by atoms with van der Waals surface area (Å²) in [7, 11) is 1.70. The summed E-state index contributed by atoms with van der Waals surface area (Å²) < 4.78 is 0. The molecule has 3 amide bonds. The highest BCUT2D eigenvalue weighted by atomic mass is 35.5. The molecule has 0 unspecified atom stereocenters. The second-order valence-electron chi connectivity index (χ2n) is 8.76. The number of hydrogen-bond donors (Lipinski definition) is 3. The summed E-state index contributed by atoms with van der Waals surface area (Å²) >= 11 is 0. The van der Waals surface area contributed by atoms with Crippen molar-refractivity contribution < 1.29 is 14.4 Å². The van der Waals surface area contributed by atoms with E-state index in [4.69, 9.17) is 0 Å². The fourth-order valence-corrected chi connectivity index (χ4v) is 3.92. The summed E-state index contributed by atoms with van der Waals surface area (Å²) in [6.45, 7) is 5.85. The summed E-state index contributed by atoms with van der Waals surface area (Å²) in [6, 6.07) is 11.9. The van der Waals surface area contributed by atoms with Crippen LogP contribution in [0, 0.1) is 5.92 Å². The minimum absolute atomic E-state index is 0. The SMILES string of the molecule is CN[C@@H](C)C(=O)N[C@H](C(=O)N1c2ncccc2C[C@H]1CNC(=O)Cc1ccccc1)C(C)C.Cl. The van der Waals surface area contributed by atoms with Gasteiger partial charge < -0.3 is 16.0 Å². The van der Waals surface area contributed by atoms with Gasteiger partial charge in [-0.3, -0.25) is 19.3 Å². The van der Waals surface area contributed by atoms with Gasteiger partial charge >= 0.3 is 0 Å². The van der Waals surface area contributed by atoms with Crippen molar-refractivity contribution in [2.75, 3.05) is 18.5 Å². The van der Waals surface area contributed by atoms with E-state index >= 15 is 0 Å². The maximum Gasteiger partial charge on any atom is 0.251 e. The predicted molar refractivity (Wildman–Crippen MR) is 135 cm³/mol. The zero-order valence-electron chi connectivity index (χ0n) is 20.1. The van der Waals surface area contributed by atoms with Gasteiger partial charge in [0.25, 0.3) is 5.91 Å². The molecule has 0 saturated heterocycles. The maximum atomic E-state index is 13.7. The van der Waals surface area contributed by atoms with E-state index in [2.05, 4.69) is 20.9 Å². The molecule has 3 atom stereocenters. The maximum absolute atomic E-state index is 13.7. The van der Waals surface area contributed by atoms with Gasteiger partial charge in [0.2, 0.25) is 11.8 Å². The number of hydrogen-bond acceptors (Lipinski definition) is 5. The molecule has 3 rings (SSSR count). The lowest BCUT2D eigenvalue weighted by Gasteiger charge is -2.31. The van der Waals surface area contributed by atoms with Crippen molar-refractivity contribution in [3.8, 4) is 0 Å². The number of rotatable bonds is 9. The summed E-state index contributed by atoms with van der Waals surface area (Å²) in [4.78, 5) is 44.8. The molecule has 2 aromatic rings. The molecule has 0 fully saturated rings. The molecule has 0 bridgehead atoms. The zero-order valence-corrected chi connectivity index (χ0v) is 20.9. The monoisotopic (exact) mass is 487 g/mol. The number of nitrogens with one attached hydrogen (secondary N) is 3. The topological polar surface area (TPSA) is 103 Å². The van der Waals surface area contributed by atoms with Gasteiger partial charge in [-0.25, -0.2) is 4.98 Å². The molecule has 3 N–H and O–H groups in total. The van der Waals surface area contributed by atoms with Gasteiger partial charge in [0.1, 0.15) is 11.9 Å². The summed E-state index contributed by atoms with van der Waals surface area (Å²) in [5.74, 6) is -0.0915. The van der Waals surface area contributed by atoms with Crippen LogP contribution in [0.2, 0.25) is 0 Å². The predicted octanol–water partition coefficient (Wildman–Crippen LogP) is 1.87. The second kappa shape index (κ2) is 12.5. The number of anilines is 1. The fraction of sp³-hybridized carbons (Fsp3) is 0.440. The number of pyridine rings is 1. The Morgan fingerprint density at radius 3 is 2.44 bits per heavy atom. The van der Waals surface area contributed by atoms with Gasteiger partial charge in [0.05, 0.1) is 18.5 Å². The number of fused-ring (bicyclic) bond motifs is 1. The van der Waals surface area contributed by atoms with Crippen molar-refractivity contribution >= 4 is 35.9 Å². The summed E-state index contributed by atoms with van der Waals surface area (Å²) in [5, 5.41) is 8.75. The molecule has 0 saturated carbocycles. The molecule has 1 aromatic carbocycles. The molecular formula is C25H34ClN5O3. The van der Waals surface area contributed by atoms with Crippen LogP contribution in [-0.2, 0) is 27.2 Å². The van der Waals surface area contributed by atoms with Crippen LogP contribution in [-0.4, -0.2) is 54.4 Å². The molecule has 0 radical (unpaired) electrons. The van der Waals surface area contributed by atoms with E-state index in [1.165, 1.54) is 0 Å². The van der Waals surface area contributed by atoms with E-state index < -0.39 is 12.1 Å². The molecule has 0 spiro atoms. The van der Waals surface area contributed by atoms with Crippen LogP contribution in [0.4, 0.5) is 5.82 Å². The van der Waals surface area contributed by atoms with Crippen molar-refractivity contribution in [3.05, 3.63) is 59.8 Å². The first-order valence-corrected chi connectivity index (χ1v) is 11.4. The molecule has 0 aliphatic carbocycles. The number of benzene rings is 1. The van der Waals surface area contributed by atoms with E-state index in [1.807, 2.05) is 56.3 Å². The van der Waals surface area contributed by atoms with Crippen LogP contribution in [0.25, 0.3) is 0 Å². The molecule has 1 aliphatic heterocycles. The van der Waals surface area contributed by atoms with Crippen LogP contribution in [0.5, 0.6) is 0 Å². The molecule has 1 aromatic heterocycles. The average Bonchev–Trinajstić information content (AvgIpc) is 3.19. The zero-order chi connectivity index (χ0) is 24.0. The Kier molecular flexibility index (Phi) is 10.0. The number of amides is 3. The van der Waals surface area contributed by atoms with Gasteiger partial charge in [0.15, 0.2) is 0 Å². The summed E-state index contributed by atoms with van der Waals surface area (Å²) in [5.41, 5.74) is 1.88. The lowest BCUT2D eigenvalue weighted by molar-refractivity contribution is -0.129. The van der Waals surface area contributed by atoms with E-state index in [-0.39, 0.29) is 48.5 Å². The van der Waals surface area contributed by atoms with Gasteiger partial charge in [-0.05, 0) is 43.5 Å². The second-order valence-corrected chi connectivity index (χ2v) is 8.76. The highest BCUT2D eigenvalue weighted by Crippen LogP contribution is 2.31. The minimum Gasteiger partial charge on any atom is -0.354 e. The molecule has 8 nitrogen and oxygen atoms in total. The highest BCUT2D eigenvalue weighted by Gasteiger charge is 2.39. The average molecular weight is 488 g/mol. The fourth-order valence-electron chi connectivity index (χ4n) is 3.92. The Balaban J connectivity index is 0.00000408. The van der Waals surface area contributed by atoms with Gasteiger partial charge in [-0.1, -0.05) is 50.2 Å². The third-order valence-corrected chi connectivity index (χ3v) is 5.95. The standard InChI is InChI=1S/C25H33N5O3.ClH/c1-16(2)22(29-24(32)17(3)26-4)25(33)30-20(14-19-11-8-12-27-23(19)30)15-28-21(31)13-18-9-6-5-7-10-18;/h5-12,16-17,20,22,26H,13-15H2,1-4H3,(H,28,31)(H,29,32);1H/t17-,20-,22-;/m0./s1. The third-order valence-electron chi connectivity index (χ3n) is 5.95. The Labute approximate surface area is 207 Å². The van der Waals surface area contributed by atoms with Crippen molar-refractivity contribution in [2.24, 2.45) is 5.92 Å². The number of likely N-dealkylation sites (N-methyl/N-ethyl adjacent to an activating group) is 1. The van der Waals surface area contributed by atoms with Crippen molar-refractivity contribution in [2.45, 2.75) is 51.7 Å². The van der Waals surface area contributed by atoms with Gasteiger partial charge in [-0.2, -0.15) is 0 Å². The van der Waals surface area contributed by atoms with Crippen LogP contribution < -0.4 is 20.9 Å². The molecule has 2 heterocycles. The number of carbonyl (C=O) groups is 3. The lowest BCUT2D eigenvalue weighted by atomic mass is 10.0. The van der Waals surface area contributed by atoms with E-state index in [0.29, 0.717) is 18.8 Å². The van der Waals surface area contributed by atoms with Crippen LogP contribution in [0.1, 0.15) is 31.9 Å². The van der Waals surface area contributed by atoms with E-state index in [0.717, 1.165) is 11.1 Å². The first-order chi connectivity index (χ1) is 15.8. The Morgan fingerprint density at radius 1 is 1.09 bits per heavy atom. The first-order valence-electron chi connectivity index (χ1n) is 11.4. The van der Waals surface area contributed by atoms with E-state index in [9.17, 15) is 14.4 Å². The first kappa shape index (κ1) is 27.3. The van der Waals surface area contributed by atoms with Crippen molar-refractivity contribution in [1.82, 2.24) is 20.9 Å². The minimum atomic E-state index is -0.705. The molecular weight excluding hydrogens is 454 g/mol. The van der Waals surface area contributed by atoms with E-state index in [1.54, 1.807) is 25.1 Å². The Bertz CT molecular complexity index is 986. The largest absolute Gasteiger partial charge is 0.354 e. The summed E-state index contributed by atoms with van der Waals surface area (Å²) in [6.07, 6.45) is 2.52. The van der Waals surface area contributed by atoms with Crippen LogP contribution >= 0.6 is 12.4 Å². The Hall–Kier alpha value is -2.97.